The van der Waals surface area contributed by atoms with Gasteiger partial charge in [-0.3, -0.25) is 0 Å². The number of hydrogen-bond acceptors (Lipinski definition) is 3. The number of methoxy groups -OCH3 is 3. The van der Waals surface area contributed by atoms with Crippen molar-refractivity contribution in [1.29, 1.82) is 0 Å². The molecule has 134 valence electrons. The van der Waals surface area contributed by atoms with Crippen LogP contribution in [-0.2, 0) is 0 Å². The Morgan fingerprint density at radius 1 is 0.577 bits per heavy atom. The smallest absolute Gasteiger partial charge is 0.248 e. The van der Waals surface area contributed by atoms with Crippen molar-refractivity contribution < 1.29 is 14.2 Å². The van der Waals surface area contributed by atoms with Gasteiger partial charge in [-0.05, 0) is 52.0 Å². The molecule has 0 bridgehead atoms. The second-order valence-corrected chi connectivity index (χ2v) is 10.6. The van der Waals surface area contributed by atoms with E-state index in [-0.39, 0.29) is 0 Å². The molecule has 5 heteroatoms. The number of ether oxygens (including phenoxy) is 3. The van der Waals surface area contributed by atoms with Crippen molar-refractivity contribution in [1.82, 2.24) is 0 Å². The van der Waals surface area contributed by atoms with E-state index in [0.29, 0.717) is 0 Å². The van der Waals surface area contributed by atoms with E-state index >= 15 is 0 Å². The Bertz CT molecular complexity index is 782. The summed E-state index contributed by atoms with van der Waals surface area (Å²) in [5.41, 5.74) is 0. The average Bonchev–Trinajstić information content (AvgIpc) is 2.73. The first-order valence-electron chi connectivity index (χ1n) is 8.24. The van der Waals surface area contributed by atoms with Gasteiger partial charge in [-0.2, -0.15) is 0 Å². The lowest BCUT2D eigenvalue weighted by Gasteiger charge is -2.27. The van der Waals surface area contributed by atoms with Gasteiger partial charge < -0.3 is 14.2 Å². The summed E-state index contributed by atoms with van der Waals surface area (Å²) in [5, 5.41) is 3.13. The van der Waals surface area contributed by atoms with Crippen LogP contribution in [0.2, 0.25) is 0 Å². The molecule has 3 nitrogen and oxygen atoms in total. The summed E-state index contributed by atoms with van der Waals surface area (Å²) in [6, 6.07) is 23.9. The van der Waals surface area contributed by atoms with E-state index in [1.807, 2.05) is 54.6 Å². The molecule has 0 radical (unpaired) electrons. The van der Waals surface area contributed by atoms with Gasteiger partial charge in [0.05, 0.1) is 21.3 Å². The standard InChI is InChI=1S/C21H21ClO3Si/c1-23-16-7-4-10-19(13-16)26(22,20-11-5-8-17(14-20)24-2)21-12-6-9-18(15-21)25-3/h4-15H,1-3H3. The van der Waals surface area contributed by atoms with Crippen molar-refractivity contribution in [2.24, 2.45) is 0 Å². The molecule has 0 atom stereocenters. The molecule has 0 aliphatic heterocycles. The molecule has 0 amide bonds. The van der Waals surface area contributed by atoms with E-state index in [1.165, 1.54) is 0 Å². The molecule has 26 heavy (non-hydrogen) atoms. The van der Waals surface area contributed by atoms with Crippen LogP contribution in [0.5, 0.6) is 17.2 Å². The zero-order valence-corrected chi connectivity index (χ0v) is 16.8. The van der Waals surface area contributed by atoms with Crippen molar-refractivity contribution in [2.45, 2.75) is 0 Å². The van der Waals surface area contributed by atoms with Crippen LogP contribution in [0.25, 0.3) is 0 Å². The van der Waals surface area contributed by atoms with E-state index in [9.17, 15) is 0 Å². The van der Waals surface area contributed by atoms with E-state index in [0.717, 1.165) is 32.8 Å². The van der Waals surface area contributed by atoms with Crippen LogP contribution in [0.15, 0.2) is 72.8 Å². The lowest BCUT2D eigenvalue weighted by Crippen LogP contribution is -2.62. The van der Waals surface area contributed by atoms with Crippen molar-refractivity contribution in [2.75, 3.05) is 21.3 Å². The fraction of sp³-hybridized carbons (Fsp3) is 0.143. The van der Waals surface area contributed by atoms with Gasteiger partial charge in [-0.15, -0.1) is 11.1 Å². The van der Waals surface area contributed by atoms with E-state index in [4.69, 9.17) is 25.3 Å². The fourth-order valence-electron chi connectivity index (χ4n) is 3.01. The lowest BCUT2D eigenvalue weighted by molar-refractivity contribution is 0.415. The van der Waals surface area contributed by atoms with E-state index in [1.54, 1.807) is 21.3 Å². The maximum atomic E-state index is 7.47. The largest absolute Gasteiger partial charge is 0.497 e. The molecular formula is C21H21ClO3Si. The highest BCUT2D eigenvalue weighted by molar-refractivity contribution is 7.40. The van der Waals surface area contributed by atoms with Crippen LogP contribution < -0.4 is 29.8 Å². The van der Waals surface area contributed by atoms with E-state index in [2.05, 4.69) is 18.2 Å². The molecule has 0 aromatic heterocycles. The SMILES string of the molecule is COc1cccc([Si](Cl)(c2cccc(OC)c2)c2cccc(OC)c2)c1. The third kappa shape index (κ3) is 3.43. The van der Waals surface area contributed by atoms with Gasteiger partial charge >= 0.3 is 0 Å². The minimum atomic E-state index is -2.79. The lowest BCUT2D eigenvalue weighted by atomic mass is 10.3. The van der Waals surface area contributed by atoms with Crippen molar-refractivity contribution in [3.05, 3.63) is 72.8 Å². The molecule has 0 saturated carbocycles. The Morgan fingerprint density at radius 3 is 1.15 bits per heavy atom. The molecule has 3 rings (SSSR count). The summed E-state index contributed by atoms with van der Waals surface area (Å²) in [4.78, 5) is 0. The Hall–Kier alpha value is -2.43. The van der Waals surface area contributed by atoms with E-state index < -0.39 is 7.38 Å². The van der Waals surface area contributed by atoms with Gasteiger partial charge in [0.25, 0.3) is 0 Å². The molecule has 3 aromatic rings. The molecular weight excluding hydrogens is 364 g/mol. The first kappa shape index (κ1) is 18.4. The van der Waals surface area contributed by atoms with Gasteiger partial charge in [-0.1, -0.05) is 36.4 Å². The number of hydrogen-bond donors (Lipinski definition) is 0. The normalized spacial score (nSPS) is 11.1. The number of benzene rings is 3. The monoisotopic (exact) mass is 384 g/mol. The van der Waals surface area contributed by atoms with Crippen LogP contribution >= 0.6 is 11.1 Å². The second-order valence-electron chi connectivity index (χ2n) is 5.85. The average molecular weight is 385 g/mol. The zero-order chi connectivity index (χ0) is 18.6. The Labute approximate surface area is 159 Å². The molecule has 0 N–H and O–H groups in total. The number of halogens is 1. The molecule has 0 unspecified atom stereocenters. The molecule has 0 fully saturated rings. The summed E-state index contributed by atoms with van der Waals surface area (Å²) in [5.74, 6) is 2.35. The van der Waals surface area contributed by atoms with Gasteiger partial charge in [0, 0.05) is 0 Å². The fourth-order valence-corrected chi connectivity index (χ4v) is 7.07. The Kier molecular flexibility index (Phi) is 5.54. The third-order valence-electron chi connectivity index (χ3n) is 4.40. The Morgan fingerprint density at radius 2 is 0.885 bits per heavy atom. The van der Waals surface area contributed by atoms with Crippen LogP contribution in [-0.4, -0.2) is 28.7 Å². The topological polar surface area (TPSA) is 27.7 Å². The van der Waals surface area contributed by atoms with Crippen molar-refractivity contribution >= 4 is 34.0 Å². The maximum Gasteiger partial charge on any atom is 0.248 e. The van der Waals surface area contributed by atoms with Crippen LogP contribution in [0, 0.1) is 0 Å². The molecule has 3 aromatic carbocycles. The second kappa shape index (κ2) is 7.85. The number of rotatable bonds is 6. The van der Waals surface area contributed by atoms with Crippen LogP contribution in [0.1, 0.15) is 0 Å². The summed E-state index contributed by atoms with van der Waals surface area (Å²) in [6.07, 6.45) is 0. The summed E-state index contributed by atoms with van der Waals surface area (Å²) < 4.78 is 16.3. The van der Waals surface area contributed by atoms with Gasteiger partial charge in [0.1, 0.15) is 17.2 Å². The molecule has 0 saturated heterocycles. The van der Waals surface area contributed by atoms with Crippen LogP contribution in [0.3, 0.4) is 0 Å². The first-order valence-corrected chi connectivity index (χ1v) is 11.3. The summed E-state index contributed by atoms with van der Waals surface area (Å²) >= 11 is 7.47. The zero-order valence-electron chi connectivity index (χ0n) is 15.0. The predicted octanol–water partition coefficient (Wildman–Crippen LogP) is 2.92. The minimum absolute atomic E-state index is 0.783. The highest BCUT2D eigenvalue weighted by Gasteiger charge is 2.38. The van der Waals surface area contributed by atoms with Gasteiger partial charge in [0.15, 0.2) is 0 Å². The maximum absolute atomic E-state index is 7.47. The van der Waals surface area contributed by atoms with Gasteiger partial charge in [0.2, 0.25) is 7.38 Å². The summed E-state index contributed by atoms with van der Waals surface area (Å²) in [7, 11) is 2.19. The van der Waals surface area contributed by atoms with Crippen molar-refractivity contribution in [3.63, 3.8) is 0 Å². The van der Waals surface area contributed by atoms with Gasteiger partial charge in [-0.25, -0.2) is 0 Å². The predicted molar refractivity (Wildman–Crippen MR) is 109 cm³/mol. The highest BCUT2D eigenvalue weighted by Crippen LogP contribution is 2.19. The summed E-state index contributed by atoms with van der Waals surface area (Å²) in [6.45, 7) is 0. The third-order valence-corrected chi connectivity index (χ3v) is 9.69. The molecule has 0 aliphatic rings. The van der Waals surface area contributed by atoms with Crippen LogP contribution in [0.4, 0.5) is 0 Å². The highest BCUT2D eigenvalue weighted by atomic mass is 35.6. The minimum Gasteiger partial charge on any atom is -0.497 e. The molecule has 0 aliphatic carbocycles. The quantitative estimate of drug-likeness (QED) is 0.371. The van der Waals surface area contributed by atoms with Crippen molar-refractivity contribution in [3.8, 4) is 17.2 Å². The Balaban J connectivity index is 2.26. The molecule has 0 spiro atoms. The first-order chi connectivity index (χ1) is 12.6. The molecule has 0 heterocycles.